The average molecular weight is 339 g/mol. The number of aliphatic hydroxyl groups is 1. The Morgan fingerprint density at radius 2 is 1.67 bits per heavy atom. The topological polar surface area (TPSA) is 20.2 Å². The molecule has 0 spiro atoms. The smallest absolute Gasteiger partial charge is 0.0682 e. The Balaban J connectivity index is 1.90. The van der Waals surface area contributed by atoms with E-state index in [1.807, 2.05) is 18.2 Å². The number of aliphatic hydroxyl groups excluding tert-OH is 1. The fraction of sp³-hybridized carbons (Fsp3) is 0.0526. The van der Waals surface area contributed by atoms with Gasteiger partial charge in [-0.05, 0) is 39.6 Å². The fourth-order valence-corrected chi connectivity index (χ4v) is 2.86. The Hall–Kier alpha value is -1.90. The van der Waals surface area contributed by atoms with E-state index in [1.165, 1.54) is 16.3 Å². The minimum Gasteiger partial charge on any atom is -0.392 e. The van der Waals surface area contributed by atoms with Crippen LogP contribution in [0.4, 0.5) is 0 Å². The van der Waals surface area contributed by atoms with Gasteiger partial charge >= 0.3 is 0 Å². The van der Waals surface area contributed by atoms with Gasteiger partial charge in [-0.3, -0.25) is 0 Å². The molecule has 104 valence electrons. The first-order valence-electron chi connectivity index (χ1n) is 6.82. The van der Waals surface area contributed by atoms with Crippen molar-refractivity contribution in [3.05, 3.63) is 81.8 Å². The van der Waals surface area contributed by atoms with Gasteiger partial charge in [-0.2, -0.15) is 0 Å². The maximum Gasteiger partial charge on any atom is 0.0682 e. The number of halogens is 1. The molecule has 0 amide bonds. The van der Waals surface area contributed by atoms with Gasteiger partial charge in [0.05, 0.1) is 6.61 Å². The molecule has 1 N–H and O–H groups in total. The highest BCUT2D eigenvalue weighted by Gasteiger charge is 1.98. The van der Waals surface area contributed by atoms with E-state index in [1.54, 1.807) is 0 Å². The number of benzene rings is 3. The van der Waals surface area contributed by atoms with Gasteiger partial charge in [0, 0.05) is 4.47 Å². The van der Waals surface area contributed by atoms with Gasteiger partial charge in [0.2, 0.25) is 0 Å². The highest BCUT2D eigenvalue weighted by Crippen LogP contribution is 2.22. The summed E-state index contributed by atoms with van der Waals surface area (Å²) in [5, 5.41) is 11.6. The maximum atomic E-state index is 9.12. The number of fused-ring (bicyclic) bond motifs is 1. The third-order valence-corrected chi connectivity index (χ3v) is 4.16. The monoisotopic (exact) mass is 338 g/mol. The molecular formula is C19H15BrO. The number of hydrogen-bond donors (Lipinski definition) is 1. The first-order valence-corrected chi connectivity index (χ1v) is 7.62. The van der Waals surface area contributed by atoms with Crippen molar-refractivity contribution in [2.75, 3.05) is 0 Å². The summed E-state index contributed by atoms with van der Waals surface area (Å²) in [6.07, 6.45) is 4.18. The van der Waals surface area contributed by atoms with Crippen LogP contribution in [0.5, 0.6) is 0 Å². The lowest BCUT2D eigenvalue weighted by molar-refractivity contribution is 0.282. The van der Waals surface area contributed by atoms with Gasteiger partial charge in [-0.1, -0.05) is 76.6 Å². The highest BCUT2D eigenvalue weighted by atomic mass is 79.9. The van der Waals surface area contributed by atoms with Crippen molar-refractivity contribution >= 4 is 38.9 Å². The van der Waals surface area contributed by atoms with Gasteiger partial charge in [-0.25, -0.2) is 0 Å². The molecule has 2 heteroatoms. The number of rotatable bonds is 3. The molecule has 0 aliphatic carbocycles. The predicted molar refractivity (Wildman–Crippen MR) is 92.9 cm³/mol. The van der Waals surface area contributed by atoms with E-state index < -0.39 is 0 Å². The van der Waals surface area contributed by atoms with Crippen molar-refractivity contribution in [2.45, 2.75) is 6.61 Å². The van der Waals surface area contributed by atoms with Crippen LogP contribution in [0.25, 0.3) is 22.9 Å². The second-order valence-corrected chi connectivity index (χ2v) is 5.81. The third-order valence-electron chi connectivity index (χ3n) is 3.48. The molecule has 0 aliphatic rings. The maximum absolute atomic E-state index is 9.12. The van der Waals surface area contributed by atoms with Crippen LogP contribution in [-0.4, -0.2) is 5.11 Å². The molecule has 3 rings (SSSR count). The van der Waals surface area contributed by atoms with Crippen LogP contribution in [0, 0.1) is 0 Å². The molecule has 0 fully saturated rings. The van der Waals surface area contributed by atoms with Crippen LogP contribution in [0.1, 0.15) is 16.7 Å². The third kappa shape index (κ3) is 3.23. The van der Waals surface area contributed by atoms with Gasteiger partial charge in [0.15, 0.2) is 0 Å². The van der Waals surface area contributed by atoms with Gasteiger partial charge in [0.25, 0.3) is 0 Å². The Kier molecular flexibility index (Phi) is 4.18. The van der Waals surface area contributed by atoms with Crippen molar-refractivity contribution in [3.8, 4) is 0 Å². The molecule has 0 aliphatic heterocycles. The van der Waals surface area contributed by atoms with E-state index in [0.29, 0.717) is 0 Å². The Morgan fingerprint density at radius 3 is 2.43 bits per heavy atom. The zero-order valence-electron chi connectivity index (χ0n) is 11.5. The molecule has 0 unspecified atom stereocenters. The average Bonchev–Trinajstić information content (AvgIpc) is 2.53. The summed E-state index contributed by atoms with van der Waals surface area (Å²) in [7, 11) is 0. The lowest BCUT2D eigenvalue weighted by atomic mass is 10.1. The fourth-order valence-electron chi connectivity index (χ4n) is 2.30. The zero-order chi connectivity index (χ0) is 14.7. The molecule has 1 nitrogen and oxygen atoms in total. The second kappa shape index (κ2) is 6.25. The standard InChI is InChI=1S/C19H15BrO/c20-19-12-15(13-21)7-10-17(19)9-6-14-5-8-16-3-1-2-4-18(16)11-14/h1-12,21H,13H2/b9-6-. The van der Waals surface area contributed by atoms with Gasteiger partial charge in [0.1, 0.15) is 0 Å². The molecule has 3 aromatic rings. The summed E-state index contributed by atoms with van der Waals surface area (Å²) >= 11 is 3.54. The van der Waals surface area contributed by atoms with Gasteiger partial charge < -0.3 is 5.11 Å². The van der Waals surface area contributed by atoms with Crippen molar-refractivity contribution in [1.29, 1.82) is 0 Å². The summed E-state index contributed by atoms with van der Waals surface area (Å²) in [6, 6.07) is 20.7. The molecule has 0 radical (unpaired) electrons. The van der Waals surface area contributed by atoms with Crippen molar-refractivity contribution in [1.82, 2.24) is 0 Å². The summed E-state index contributed by atoms with van der Waals surface area (Å²) in [6.45, 7) is 0.0628. The van der Waals surface area contributed by atoms with E-state index in [4.69, 9.17) is 5.11 Å². The van der Waals surface area contributed by atoms with Crippen LogP contribution in [0.15, 0.2) is 65.1 Å². The second-order valence-electron chi connectivity index (χ2n) is 4.95. The van der Waals surface area contributed by atoms with Crippen LogP contribution in [0.2, 0.25) is 0 Å². The first kappa shape index (κ1) is 14.1. The van der Waals surface area contributed by atoms with E-state index in [0.717, 1.165) is 15.6 Å². The van der Waals surface area contributed by atoms with Crippen LogP contribution in [-0.2, 0) is 6.61 Å². The lowest BCUT2D eigenvalue weighted by Gasteiger charge is -2.02. The number of hydrogen-bond acceptors (Lipinski definition) is 1. The molecular weight excluding hydrogens is 324 g/mol. The largest absolute Gasteiger partial charge is 0.392 e. The van der Waals surface area contributed by atoms with E-state index in [-0.39, 0.29) is 6.61 Å². The summed E-state index contributed by atoms with van der Waals surface area (Å²) < 4.78 is 0.992. The van der Waals surface area contributed by atoms with Crippen molar-refractivity contribution in [2.24, 2.45) is 0 Å². The van der Waals surface area contributed by atoms with E-state index in [9.17, 15) is 0 Å². The Labute approximate surface area is 132 Å². The van der Waals surface area contributed by atoms with Crippen LogP contribution < -0.4 is 0 Å². The lowest BCUT2D eigenvalue weighted by Crippen LogP contribution is -1.84. The van der Waals surface area contributed by atoms with Gasteiger partial charge in [-0.15, -0.1) is 0 Å². The molecule has 3 aromatic carbocycles. The Morgan fingerprint density at radius 1 is 0.857 bits per heavy atom. The molecule has 0 aromatic heterocycles. The van der Waals surface area contributed by atoms with Crippen molar-refractivity contribution < 1.29 is 5.11 Å². The van der Waals surface area contributed by atoms with Crippen LogP contribution >= 0.6 is 15.9 Å². The first-order chi connectivity index (χ1) is 10.3. The van der Waals surface area contributed by atoms with E-state index >= 15 is 0 Å². The summed E-state index contributed by atoms with van der Waals surface area (Å²) in [5.41, 5.74) is 3.18. The SMILES string of the molecule is OCc1ccc(/C=C\c2ccc3ccccc3c2)c(Br)c1. The van der Waals surface area contributed by atoms with Crippen molar-refractivity contribution in [3.63, 3.8) is 0 Å². The molecule has 0 saturated carbocycles. The predicted octanol–water partition coefficient (Wildman–Crippen LogP) is 5.27. The molecule has 0 heterocycles. The molecule has 21 heavy (non-hydrogen) atoms. The summed E-state index contributed by atoms with van der Waals surface area (Å²) in [4.78, 5) is 0. The zero-order valence-corrected chi connectivity index (χ0v) is 13.0. The summed E-state index contributed by atoms with van der Waals surface area (Å²) in [5.74, 6) is 0. The molecule has 0 atom stereocenters. The molecule has 0 saturated heterocycles. The van der Waals surface area contributed by atoms with Crippen LogP contribution in [0.3, 0.4) is 0 Å². The minimum atomic E-state index is 0.0628. The normalized spacial score (nSPS) is 11.3. The Bertz CT molecular complexity index is 806. The molecule has 0 bridgehead atoms. The quantitative estimate of drug-likeness (QED) is 0.645. The van der Waals surface area contributed by atoms with E-state index in [2.05, 4.69) is 70.5 Å². The minimum absolute atomic E-state index is 0.0628. The highest BCUT2D eigenvalue weighted by molar-refractivity contribution is 9.10.